The molecule has 0 unspecified atom stereocenters. The number of amides is 1. The van der Waals surface area contributed by atoms with Crippen molar-refractivity contribution in [3.05, 3.63) is 23.3 Å². The molecule has 1 amide bonds. The van der Waals surface area contributed by atoms with Crippen molar-refractivity contribution in [2.24, 2.45) is 5.84 Å². The summed E-state index contributed by atoms with van der Waals surface area (Å²) >= 11 is 0. The topological polar surface area (TPSA) is 80.9 Å². The summed E-state index contributed by atoms with van der Waals surface area (Å²) in [5.74, 6) is 5.11. The summed E-state index contributed by atoms with van der Waals surface area (Å²) in [4.78, 5) is 18.9. The van der Waals surface area contributed by atoms with Crippen LogP contribution in [0.4, 0.5) is 0 Å². The quantitative estimate of drug-likeness (QED) is 0.341. The number of nitrogens with zero attached hydrogens (tertiary/aromatic N) is 2. The van der Waals surface area contributed by atoms with Gasteiger partial charge in [-0.2, -0.15) is 0 Å². The number of aromatic nitrogens is 2. The minimum absolute atomic E-state index is 0.294. The van der Waals surface area contributed by atoms with E-state index in [2.05, 4.69) is 9.97 Å². The van der Waals surface area contributed by atoms with Gasteiger partial charge in [-0.15, -0.1) is 0 Å². The maximum atomic E-state index is 11.0. The third-order valence-corrected chi connectivity index (χ3v) is 1.33. The monoisotopic (exact) mass is 166 g/mol. The number of rotatable bonds is 1. The lowest BCUT2D eigenvalue weighted by atomic mass is 10.3. The Bertz CT molecular complexity index is 290. The van der Waals surface area contributed by atoms with Gasteiger partial charge >= 0.3 is 0 Å². The van der Waals surface area contributed by atoms with Crippen molar-refractivity contribution in [2.45, 2.75) is 13.8 Å². The van der Waals surface area contributed by atoms with Crippen molar-refractivity contribution in [2.75, 3.05) is 0 Å². The number of hydrogen-bond acceptors (Lipinski definition) is 4. The molecule has 5 nitrogen and oxygen atoms in total. The van der Waals surface area contributed by atoms with E-state index in [0.29, 0.717) is 11.5 Å². The largest absolute Gasteiger partial charge is 0.289 e. The second-order valence-corrected chi connectivity index (χ2v) is 2.42. The summed E-state index contributed by atoms with van der Waals surface area (Å²) < 4.78 is 0. The van der Waals surface area contributed by atoms with Crippen molar-refractivity contribution in [1.82, 2.24) is 15.4 Å². The van der Waals surface area contributed by atoms with Gasteiger partial charge < -0.3 is 0 Å². The molecule has 0 aromatic carbocycles. The summed E-state index contributed by atoms with van der Waals surface area (Å²) in [5.41, 5.74) is 3.05. The SMILES string of the molecule is Cc1cc(C(=O)NN)nc(C)n1. The van der Waals surface area contributed by atoms with Crippen LogP contribution in [0.2, 0.25) is 0 Å². The van der Waals surface area contributed by atoms with Crippen LogP contribution in [0.25, 0.3) is 0 Å². The Hall–Kier alpha value is -1.49. The molecule has 0 aliphatic rings. The fourth-order valence-electron chi connectivity index (χ4n) is 0.907. The lowest BCUT2D eigenvalue weighted by molar-refractivity contribution is 0.0948. The van der Waals surface area contributed by atoms with Crippen LogP contribution in [0.1, 0.15) is 22.0 Å². The minimum Gasteiger partial charge on any atom is -0.289 e. The Balaban J connectivity index is 3.08. The van der Waals surface area contributed by atoms with Gasteiger partial charge in [-0.25, -0.2) is 15.8 Å². The highest BCUT2D eigenvalue weighted by atomic mass is 16.2. The number of aryl methyl sites for hydroxylation is 2. The second kappa shape index (κ2) is 3.27. The van der Waals surface area contributed by atoms with Crippen LogP contribution < -0.4 is 11.3 Å². The molecule has 0 atom stereocenters. The van der Waals surface area contributed by atoms with Crippen LogP contribution in [-0.4, -0.2) is 15.9 Å². The van der Waals surface area contributed by atoms with E-state index in [9.17, 15) is 4.79 Å². The Kier molecular flexibility index (Phi) is 2.35. The first-order chi connectivity index (χ1) is 5.63. The van der Waals surface area contributed by atoms with Gasteiger partial charge in [0.15, 0.2) is 0 Å². The van der Waals surface area contributed by atoms with Crippen molar-refractivity contribution in [3.63, 3.8) is 0 Å². The predicted octanol–water partition coefficient (Wildman–Crippen LogP) is -0.303. The van der Waals surface area contributed by atoms with E-state index in [-0.39, 0.29) is 0 Å². The van der Waals surface area contributed by atoms with E-state index in [1.807, 2.05) is 5.43 Å². The molecule has 0 radical (unpaired) electrons. The van der Waals surface area contributed by atoms with Gasteiger partial charge in [-0.3, -0.25) is 10.2 Å². The number of nitrogens with two attached hydrogens (primary N) is 1. The zero-order chi connectivity index (χ0) is 9.14. The van der Waals surface area contributed by atoms with Crippen LogP contribution in [-0.2, 0) is 0 Å². The third kappa shape index (κ3) is 1.76. The van der Waals surface area contributed by atoms with Gasteiger partial charge in [0, 0.05) is 5.69 Å². The Morgan fingerprint density at radius 1 is 1.50 bits per heavy atom. The predicted molar refractivity (Wildman–Crippen MR) is 43.2 cm³/mol. The summed E-state index contributed by atoms with van der Waals surface area (Å²) in [5, 5.41) is 0. The number of carbonyl (C=O) groups is 1. The highest BCUT2D eigenvalue weighted by molar-refractivity contribution is 5.91. The van der Waals surface area contributed by atoms with Gasteiger partial charge in [0.05, 0.1) is 0 Å². The fourth-order valence-corrected chi connectivity index (χ4v) is 0.907. The third-order valence-electron chi connectivity index (χ3n) is 1.33. The molecule has 0 spiro atoms. The van der Waals surface area contributed by atoms with Gasteiger partial charge in [-0.1, -0.05) is 0 Å². The number of carbonyl (C=O) groups excluding carboxylic acids is 1. The molecule has 0 aliphatic carbocycles. The first kappa shape index (κ1) is 8.61. The molecule has 64 valence electrons. The molecule has 12 heavy (non-hydrogen) atoms. The molecular formula is C7H10N4O. The molecule has 0 fully saturated rings. The summed E-state index contributed by atoms with van der Waals surface area (Å²) in [6.07, 6.45) is 0. The number of nitrogens with one attached hydrogen (secondary N) is 1. The molecule has 0 saturated heterocycles. The molecule has 1 aromatic heterocycles. The lowest BCUT2D eigenvalue weighted by Gasteiger charge is -2.00. The summed E-state index contributed by atoms with van der Waals surface area (Å²) in [6.45, 7) is 3.52. The smallest absolute Gasteiger partial charge is 0.283 e. The first-order valence-electron chi connectivity index (χ1n) is 3.46. The molecule has 0 aliphatic heterocycles. The van der Waals surface area contributed by atoms with E-state index in [4.69, 9.17) is 5.84 Å². The molecule has 5 heteroatoms. The molecule has 0 bridgehead atoms. The maximum Gasteiger partial charge on any atom is 0.283 e. The number of nitrogen functional groups attached to an aromatic ring is 1. The molecule has 1 aromatic rings. The standard InChI is InChI=1S/C7H10N4O/c1-4-3-6(7(12)11-8)10-5(2)9-4/h3H,8H2,1-2H3,(H,11,12). The average molecular weight is 166 g/mol. The van der Waals surface area contributed by atoms with Gasteiger partial charge in [0.2, 0.25) is 0 Å². The Labute approximate surface area is 70.0 Å². The maximum absolute atomic E-state index is 11.0. The summed E-state index contributed by atoms with van der Waals surface area (Å²) in [6, 6.07) is 1.58. The van der Waals surface area contributed by atoms with E-state index in [1.165, 1.54) is 0 Å². The normalized spacial score (nSPS) is 9.58. The van der Waals surface area contributed by atoms with Crippen molar-refractivity contribution >= 4 is 5.91 Å². The van der Waals surface area contributed by atoms with Gasteiger partial charge in [-0.05, 0) is 19.9 Å². The summed E-state index contributed by atoms with van der Waals surface area (Å²) in [7, 11) is 0. The van der Waals surface area contributed by atoms with Crippen LogP contribution in [0, 0.1) is 13.8 Å². The number of hydrogen-bond donors (Lipinski definition) is 2. The minimum atomic E-state index is -0.399. The first-order valence-corrected chi connectivity index (χ1v) is 3.46. The number of hydrazine groups is 1. The van der Waals surface area contributed by atoms with Gasteiger partial charge in [0.1, 0.15) is 11.5 Å². The fraction of sp³-hybridized carbons (Fsp3) is 0.286. The van der Waals surface area contributed by atoms with Crippen molar-refractivity contribution in [3.8, 4) is 0 Å². The Morgan fingerprint density at radius 3 is 2.67 bits per heavy atom. The van der Waals surface area contributed by atoms with Crippen LogP contribution in [0.15, 0.2) is 6.07 Å². The van der Waals surface area contributed by atoms with Crippen LogP contribution in [0.5, 0.6) is 0 Å². The zero-order valence-corrected chi connectivity index (χ0v) is 6.96. The average Bonchev–Trinajstić information content (AvgIpc) is 2.01. The van der Waals surface area contributed by atoms with E-state index < -0.39 is 5.91 Å². The van der Waals surface area contributed by atoms with Crippen LogP contribution in [0.3, 0.4) is 0 Å². The zero-order valence-electron chi connectivity index (χ0n) is 6.96. The van der Waals surface area contributed by atoms with E-state index in [0.717, 1.165) is 5.69 Å². The van der Waals surface area contributed by atoms with Crippen molar-refractivity contribution in [1.29, 1.82) is 0 Å². The highest BCUT2D eigenvalue weighted by Crippen LogP contribution is 1.98. The van der Waals surface area contributed by atoms with E-state index in [1.54, 1.807) is 19.9 Å². The molecular weight excluding hydrogens is 156 g/mol. The van der Waals surface area contributed by atoms with Gasteiger partial charge in [0.25, 0.3) is 5.91 Å². The highest BCUT2D eigenvalue weighted by Gasteiger charge is 2.06. The molecule has 1 heterocycles. The molecule has 1 rings (SSSR count). The van der Waals surface area contributed by atoms with Crippen molar-refractivity contribution < 1.29 is 4.79 Å². The second-order valence-electron chi connectivity index (χ2n) is 2.42. The Morgan fingerprint density at radius 2 is 2.17 bits per heavy atom. The molecule has 0 saturated carbocycles. The molecule has 3 N–H and O–H groups in total. The lowest BCUT2D eigenvalue weighted by Crippen LogP contribution is -2.31. The van der Waals surface area contributed by atoms with Crippen LogP contribution >= 0.6 is 0 Å². The van der Waals surface area contributed by atoms with E-state index >= 15 is 0 Å².